The van der Waals surface area contributed by atoms with Gasteiger partial charge in [-0.1, -0.05) is 79.1 Å². The SMILES string of the molecule is O=C(Nc1nnc(C2CCCCC2)s1)c1nc(-c2ccccc2)n(-c2ccccc2)n1. The highest BCUT2D eigenvalue weighted by Gasteiger charge is 2.22. The molecule has 1 amide bonds. The van der Waals surface area contributed by atoms with E-state index in [1.54, 1.807) is 4.68 Å². The van der Waals surface area contributed by atoms with E-state index in [0.29, 0.717) is 16.9 Å². The highest BCUT2D eigenvalue weighted by atomic mass is 32.1. The number of rotatable bonds is 5. The van der Waals surface area contributed by atoms with Gasteiger partial charge in [0, 0.05) is 11.5 Å². The Balaban J connectivity index is 1.42. The van der Waals surface area contributed by atoms with E-state index in [-0.39, 0.29) is 5.82 Å². The van der Waals surface area contributed by atoms with Gasteiger partial charge in [-0.2, -0.15) is 0 Å². The van der Waals surface area contributed by atoms with Crippen LogP contribution in [0.2, 0.25) is 0 Å². The van der Waals surface area contributed by atoms with Crippen LogP contribution >= 0.6 is 11.3 Å². The number of benzene rings is 2. The molecule has 1 aliphatic carbocycles. The molecule has 5 rings (SSSR count). The molecule has 0 radical (unpaired) electrons. The van der Waals surface area contributed by atoms with Gasteiger partial charge in [0.1, 0.15) is 5.01 Å². The fourth-order valence-electron chi connectivity index (χ4n) is 3.88. The molecule has 156 valence electrons. The molecule has 8 heteroatoms. The Morgan fingerprint density at radius 2 is 1.65 bits per heavy atom. The van der Waals surface area contributed by atoms with Crippen LogP contribution in [0.25, 0.3) is 17.1 Å². The van der Waals surface area contributed by atoms with Crippen LogP contribution in [0.1, 0.15) is 53.6 Å². The van der Waals surface area contributed by atoms with Gasteiger partial charge < -0.3 is 0 Å². The number of carbonyl (C=O) groups is 1. The molecule has 0 aliphatic heterocycles. The van der Waals surface area contributed by atoms with Crippen LogP contribution in [0.4, 0.5) is 5.13 Å². The fourth-order valence-corrected chi connectivity index (χ4v) is 4.79. The normalized spacial score (nSPS) is 14.5. The Bertz CT molecular complexity index is 1110. The minimum Gasteiger partial charge on any atom is -0.294 e. The Hall–Kier alpha value is -3.39. The second kappa shape index (κ2) is 8.77. The van der Waals surface area contributed by atoms with Crippen molar-refractivity contribution in [3.8, 4) is 17.1 Å². The standard InChI is InChI=1S/C23H22N6OS/c30-21(25-23-27-26-22(31-23)17-12-6-2-7-13-17)19-24-20(16-10-4-1-5-11-16)29(28-19)18-14-8-3-9-15-18/h1,3-5,8-11,14-15,17H,2,6-7,12-13H2,(H,25,27,30). The zero-order chi connectivity index (χ0) is 21.0. The first-order chi connectivity index (χ1) is 15.3. The Morgan fingerprint density at radius 3 is 2.39 bits per heavy atom. The van der Waals surface area contributed by atoms with Crippen molar-refractivity contribution in [1.82, 2.24) is 25.0 Å². The summed E-state index contributed by atoms with van der Waals surface area (Å²) >= 11 is 1.45. The Morgan fingerprint density at radius 1 is 0.935 bits per heavy atom. The van der Waals surface area contributed by atoms with E-state index in [1.165, 1.54) is 30.6 Å². The highest BCUT2D eigenvalue weighted by molar-refractivity contribution is 7.15. The summed E-state index contributed by atoms with van der Waals surface area (Å²) in [6.07, 6.45) is 6.04. The number of amides is 1. The van der Waals surface area contributed by atoms with Crippen molar-refractivity contribution < 1.29 is 4.79 Å². The average molecular weight is 431 g/mol. The summed E-state index contributed by atoms with van der Waals surface area (Å²) in [5.74, 6) is 0.768. The van der Waals surface area contributed by atoms with Crippen LogP contribution in [-0.2, 0) is 0 Å². The summed E-state index contributed by atoms with van der Waals surface area (Å²) < 4.78 is 1.69. The molecule has 0 unspecified atom stereocenters. The molecule has 2 aromatic heterocycles. The van der Waals surface area contributed by atoms with Crippen molar-refractivity contribution >= 4 is 22.4 Å². The van der Waals surface area contributed by atoms with Crippen molar-refractivity contribution in [2.45, 2.75) is 38.0 Å². The second-order valence-electron chi connectivity index (χ2n) is 7.61. The number of hydrogen-bond donors (Lipinski definition) is 1. The maximum absolute atomic E-state index is 12.9. The lowest BCUT2D eigenvalue weighted by Crippen LogP contribution is -2.14. The van der Waals surface area contributed by atoms with Gasteiger partial charge in [-0.25, -0.2) is 9.67 Å². The molecule has 2 heterocycles. The molecule has 0 spiro atoms. The fraction of sp³-hybridized carbons (Fsp3) is 0.261. The summed E-state index contributed by atoms with van der Waals surface area (Å²) in [5, 5.41) is 17.3. The number of nitrogens with zero attached hydrogens (tertiary/aromatic N) is 5. The second-order valence-corrected chi connectivity index (χ2v) is 8.62. The van der Waals surface area contributed by atoms with Crippen LogP contribution in [-0.4, -0.2) is 30.9 Å². The van der Waals surface area contributed by atoms with Gasteiger partial charge in [0.25, 0.3) is 5.91 Å². The smallest absolute Gasteiger partial charge is 0.294 e. The van der Waals surface area contributed by atoms with E-state index < -0.39 is 5.91 Å². The van der Waals surface area contributed by atoms with Gasteiger partial charge in [0.05, 0.1) is 5.69 Å². The predicted octanol–water partition coefficient (Wildman–Crippen LogP) is 5.09. The number of anilines is 1. The number of nitrogens with one attached hydrogen (secondary N) is 1. The van der Waals surface area contributed by atoms with Crippen molar-refractivity contribution in [3.63, 3.8) is 0 Å². The van der Waals surface area contributed by atoms with Crippen molar-refractivity contribution in [1.29, 1.82) is 0 Å². The summed E-state index contributed by atoms with van der Waals surface area (Å²) in [6.45, 7) is 0. The van der Waals surface area contributed by atoms with E-state index in [4.69, 9.17) is 0 Å². The van der Waals surface area contributed by atoms with E-state index in [0.717, 1.165) is 29.1 Å². The van der Waals surface area contributed by atoms with Gasteiger partial charge in [0.2, 0.25) is 11.0 Å². The Kier molecular flexibility index (Phi) is 5.54. The average Bonchev–Trinajstić information content (AvgIpc) is 3.49. The van der Waals surface area contributed by atoms with Crippen LogP contribution in [0, 0.1) is 0 Å². The summed E-state index contributed by atoms with van der Waals surface area (Å²) in [7, 11) is 0. The van der Waals surface area contributed by atoms with E-state index in [2.05, 4.69) is 25.6 Å². The first kappa shape index (κ1) is 19.6. The number of para-hydroxylation sites is 1. The summed E-state index contributed by atoms with van der Waals surface area (Å²) in [6, 6.07) is 19.4. The number of hydrogen-bond acceptors (Lipinski definition) is 6. The summed E-state index contributed by atoms with van der Waals surface area (Å²) in [5.41, 5.74) is 1.72. The lowest BCUT2D eigenvalue weighted by molar-refractivity contribution is 0.101. The predicted molar refractivity (Wildman–Crippen MR) is 120 cm³/mol. The van der Waals surface area contributed by atoms with Crippen LogP contribution in [0.15, 0.2) is 60.7 Å². The van der Waals surface area contributed by atoms with Gasteiger partial charge in [0.15, 0.2) is 5.82 Å². The molecule has 1 aliphatic rings. The molecule has 1 saturated carbocycles. The van der Waals surface area contributed by atoms with E-state index in [9.17, 15) is 4.79 Å². The van der Waals surface area contributed by atoms with Crippen LogP contribution < -0.4 is 5.32 Å². The molecule has 0 saturated heterocycles. The van der Waals surface area contributed by atoms with Crippen LogP contribution in [0.5, 0.6) is 0 Å². The van der Waals surface area contributed by atoms with Crippen molar-refractivity contribution in [2.24, 2.45) is 0 Å². The molecule has 0 bridgehead atoms. The molecule has 4 aromatic rings. The third-order valence-electron chi connectivity index (χ3n) is 5.46. The Labute approximate surface area is 184 Å². The van der Waals surface area contributed by atoms with Gasteiger partial charge in [-0.15, -0.1) is 15.3 Å². The largest absolute Gasteiger partial charge is 0.297 e. The lowest BCUT2D eigenvalue weighted by Gasteiger charge is -2.18. The first-order valence-corrected chi connectivity index (χ1v) is 11.3. The van der Waals surface area contributed by atoms with E-state index in [1.807, 2.05) is 60.7 Å². The lowest BCUT2D eigenvalue weighted by atomic mass is 9.90. The first-order valence-electron chi connectivity index (χ1n) is 10.5. The maximum atomic E-state index is 12.9. The molecule has 31 heavy (non-hydrogen) atoms. The zero-order valence-electron chi connectivity index (χ0n) is 16.9. The van der Waals surface area contributed by atoms with E-state index >= 15 is 0 Å². The molecule has 0 atom stereocenters. The minimum absolute atomic E-state index is 0.0946. The topological polar surface area (TPSA) is 85.6 Å². The van der Waals surface area contributed by atoms with Crippen molar-refractivity contribution in [2.75, 3.05) is 5.32 Å². The van der Waals surface area contributed by atoms with Crippen molar-refractivity contribution in [3.05, 3.63) is 71.5 Å². The molecule has 2 aromatic carbocycles. The summed E-state index contributed by atoms with van der Waals surface area (Å²) in [4.78, 5) is 17.5. The zero-order valence-corrected chi connectivity index (χ0v) is 17.8. The number of aromatic nitrogens is 5. The quantitative estimate of drug-likeness (QED) is 0.477. The van der Waals surface area contributed by atoms with Gasteiger partial charge in [-0.05, 0) is 25.0 Å². The third-order valence-corrected chi connectivity index (χ3v) is 6.46. The molecule has 1 fully saturated rings. The molecular formula is C23H22N6OS. The monoisotopic (exact) mass is 430 g/mol. The molecule has 7 nitrogen and oxygen atoms in total. The third kappa shape index (κ3) is 4.25. The van der Waals surface area contributed by atoms with Crippen LogP contribution in [0.3, 0.4) is 0 Å². The maximum Gasteiger partial charge on any atom is 0.297 e. The highest BCUT2D eigenvalue weighted by Crippen LogP contribution is 2.35. The van der Waals surface area contributed by atoms with Gasteiger partial charge >= 0.3 is 0 Å². The molecule has 1 N–H and O–H groups in total. The minimum atomic E-state index is -0.391. The number of carbonyl (C=O) groups excluding carboxylic acids is 1. The van der Waals surface area contributed by atoms with Gasteiger partial charge in [-0.3, -0.25) is 10.1 Å². The molecular weight excluding hydrogens is 408 g/mol.